The molecule has 27 heavy (non-hydrogen) atoms. The summed E-state index contributed by atoms with van der Waals surface area (Å²) in [6.45, 7) is 3.72. The molecule has 7 heteroatoms. The van der Waals surface area contributed by atoms with E-state index in [9.17, 15) is 14.9 Å². The third-order valence-electron chi connectivity index (χ3n) is 4.75. The molecule has 0 atom stereocenters. The Balaban J connectivity index is 1.71. The third kappa shape index (κ3) is 4.62. The zero-order chi connectivity index (χ0) is 19.2. The second-order valence-corrected chi connectivity index (χ2v) is 6.55. The summed E-state index contributed by atoms with van der Waals surface area (Å²) >= 11 is 0. The van der Waals surface area contributed by atoms with Gasteiger partial charge in [0.05, 0.1) is 17.6 Å². The van der Waals surface area contributed by atoms with Crippen molar-refractivity contribution < 1.29 is 14.5 Å². The lowest BCUT2D eigenvalue weighted by molar-refractivity contribution is -0.384. The molecular formula is C20H23N3O4. The maximum atomic E-state index is 13.0. The fourth-order valence-corrected chi connectivity index (χ4v) is 3.32. The fraction of sp³-hybridized carbons (Fsp3) is 0.350. The van der Waals surface area contributed by atoms with E-state index >= 15 is 0 Å². The van der Waals surface area contributed by atoms with Crippen LogP contribution >= 0.6 is 0 Å². The van der Waals surface area contributed by atoms with Gasteiger partial charge in [0.1, 0.15) is 5.75 Å². The molecule has 0 unspecified atom stereocenters. The maximum absolute atomic E-state index is 13.0. The Hall–Kier alpha value is -2.93. The molecule has 1 fully saturated rings. The highest BCUT2D eigenvalue weighted by molar-refractivity contribution is 5.97. The van der Waals surface area contributed by atoms with Crippen molar-refractivity contribution in [2.45, 2.75) is 13.0 Å². The predicted molar refractivity (Wildman–Crippen MR) is 102 cm³/mol. The average Bonchev–Trinajstić information content (AvgIpc) is 2.93. The lowest BCUT2D eigenvalue weighted by Crippen LogP contribution is -2.35. The van der Waals surface area contributed by atoms with E-state index in [0.29, 0.717) is 18.8 Å². The topological polar surface area (TPSA) is 75.9 Å². The normalized spacial score (nSPS) is 15.2. The number of non-ortho nitro benzene ring substituents is 1. The Bertz CT molecular complexity index is 810. The SMILES string of the molecule is COc1ccc([N+](=O)[O-])cc1C(=O)N1CCCN(Cc2ccccc2)CC1. The number of nitro groups is 1. The summed E-state index contributed by atoms with van der Waals surface area (Å²) in [5.74, 6) is 0.132. The second kappa shape index (κ2) is 8.64. The van der Waals surface area contributed by atoms with Crippen LogP contribution in [0.1, 0.15) is 22.3 Å². The van der Waals surface area contributed by atoms with Gasteiger partial charge in [-0.15, -0.1) is 0 Å². The van der Waals surface area contributed by atoms with Gasteiger partial charge >= 0.3 is 0 Å². The summed E-state index contributed by atoms with van der Waals surface area (Å²) in [5.41, 5.74) is 1.38. The Morgan fingerprint density at radius 1 is 1.11 bits per heavy atom. The van der Waals surface area contributed by atoms with Crippen molar-refractivity contribution in [3.63, 3.8) is 0 Å². The Kier molecular flexibility index (Phi) is 6.03. The number of benzene rings is 2. The number of nitrogens with zero attached hydrogens (tertiary/aromatic N) is 3. The molecule has 1 amide bonds. The van der Waals surface area contributed by atoms with E-state index in [1.54, 1.807) is 4.90 Å². The molecule has 142 valence electrons. The minimum Gasteiger partial charge on any atom is -0.496 e. The smallest absolute Gasteiger partial charge is 0.270 e. The number of carbonyl (C=O) groups excluding carboxylic acids is 1. The largest absolute Gasteiger partial charge is 0.496 e. The van der Waals surface area contributed by atoms with Crippen molar-refractivity contribution in [2.75, 3.05) is 33.3 Å². The van der Waals surface area contributed by atoms with Gasteiger partial charge in [-0.25, -0.2) is 0 Å². The van der Waals surface area contributed by atoms with Crippen LogP contribution < -0.4 is 4.74 Å². The van der Waals surface area contributed by atoms with Crippen LogP contribution in [0.4, 0.5) is 5.69 Å². The first-order valence-corrected chi connectivity index (χ1v) is 8.96. The van der Waals surface area contributed by atoms with Gasteiger partial charge in [-0.3, -0.25) is 19.8 Å². The zero-order valence-electron chi connectivity index (χ0n) is 15.3. The molecule has 7 nitrogen and oxygen atoms in total. The highest BCUT2D eigenvalue weighted by Crippen LogP contribution is 2.26. The number of carbonyl (C=O) groups is 1. The Morgan fingerprint density at radius 3 is 2.59 bits per heavy atom. The van der Waals surface area contributed by atoms with Crippen molar-refractivity contribution in [3.8, 4) is 5.75 Å². The molecule has 0 saturated carbocycles. The Morgan fingerprint density at radius 2 is 1.89 bits per heavy atom. The summed E-state index contributed by atoms with van der Waals surface area (Å²) in [6, 6.07) is 14.4. The van der Waals surface area contributed by atoms with Gasteiger partial charge in [0.15, 0.2) is 0 Å². The van der Waals surface area contributed by atoms with E-state index < -0.39 is 4.92 Å². The number of amides is 1. The molecule has 0 aliphatic carbocycles. The number of nitro benzene ring substituents is 1. The second-order valence-electron chi connectivity index (χ2n) is 6.55. The summed E-state index contributed by atoms with van der Waals surface area (Å²) in [5, 5.41) is 11.1. The van der Waals surface area contributed by atoms with Crippen molar-refractivity contribution >= 4 is 11.6 Å². The number of hydrogen-bond acceptors (Lipinski definition) is 5. The van der Waals surface area contributed by atoms with E-state index in [-0.39, 0.29) is 17.2 Å². The molecular weight excluding hydrogens is 346 g/mol. The zero-order valence-corrected chi connectivity index (χ0v) is 15.3. The van der Waals surface area contributed by atoms with E-state index in [0.717, 1.165) is 26.1 Å². The first kappa shape index (κ1) is 18.8. The number of ether oxygens (including phenoxy) is 1. The molecule has 1 aliphatic rings. The first-order chi connectivity index (χ1) is 13.1. The van der Waals surface area contributed by atoms with E-state index in [2.05, 4.69) is 17.0 Å². The first-order valence-electron chi connectivity index (χ1n) is 8.96. The molecule has 0 bridgehead atoms. The third-order valence-corrected chi connectivity index (χ3v) is 4.75. The molecule has 0 aromatic heterocycles. The van der Waals surface area contributed by atoms with E-state index in [4.69, 9.17) is 4.74 Å². The molecule has 2 aromatic carbocycles. The molecule has 0 radical (unpaired) electrons. The standard InChI is InChI=1S/C20H23N3O4/c1-27-19-9-8-17(23(25)26)14-18(19)20(24)22-11-5-10-21(12-13-22)15-16-6-3-2-4-7-16/h2-4,6-9,14H,5,10-13,15H2,1H3. The van der Waals surface area contributed by atoms with Crippen molar-refractivity contribution in [2.24, 2.45) is 0 Å². The lowest BCUT2D eigenvalue weighted by Gasteiger charge is -2.22. The number of rotatable bonds is 5. The van der Waals surface area contributed by atoms with Gasteiger partial charge in [0.2, 0.25) is 0 Å². The molecule has 1 saturated heterocycles. The van der Waals surface area contributed by atoms with Gasteiger partial charge in [0, 0.05) is 44.9 Å². The molecule has 2 aromatic rings. The van der Waals surface area contributed by atoms with Crippen LogP contribution in [0, 0.1) is 10.1 Å². The summed E-state index contributed by atoms with van der Waals surface area (Å²) < 4.78 is 5.24. The summed E-state index contributed by atoms with van der Waals surface area (Å²) in [7, 11) is 1.46. The van der Waals surface area contributed by atoms with Crippen molar-refractivity contribution in [3.05, 3.63) is 69.8 Å². The van der Waals surface area contributed by atoms with Crippen molar-refractivity contribution in [1.29, 1.82) is 0 Å². The van der Waals surface area contributed by atoms with Crippen LogP contribution in [-0.2, 0) is 6.54 Å². The molecule has 0 N–H and O–H groups in total. The van der Waals surface area contributed by atoms with E-state index in [1.165, 1.54) is 30.9 Å². The van der Waals surface area contributed by atoms with Gasteiger partial charge in [-0.1, -0.05) is 30.3 Å². The van der Waals surface area contributed by atoms with Crippen LogP contribution in [0.15, 0.2) is 48.5 Å². The highest BCUT2D eigenvalue weighted by atomic mass is 16.6. The predicted octanol–water partition coefficient (Wildman–Crippen LogP) is 2.95. The highest BCUT2D eigenvalue weighted by Gasteiger charge is 2.24. The Labute approximate surface area is 158 Å². The average molecular weight is 369 g/mol. The maximum Gasteiger partial charge on any atom is 0.270 e. The van der Waals surface area contributed by atoms with Crippen LogP contribution in [0.2, 0.25) is 0 Å². The molecule has 3 rings (SSSR count). The molecule has 1 aliphatic heterocycles. The number of methoxy groups -OCH3 is 1. The monoisotopic (exact) mass is 369 g/mol. The van der Waals surface area contributed by atoms with Gasteiger partial charge in [0.25, 0.3) is 11.6 Å². The van der Waals surface area contributed by atoms with Crippen LogP contribution in [-0.4, -0.2) is 53.9 Å². The lowest BCUT2D eigenvalue weighted by atomic mass is 10.1. The van der Waals surface area contributed by atoms with Gasteiger partial charge in [-0.2, -0.15) is 0 Å². The van der Waals surface area contributed by atoms with Crippen LogP contribution in [0.3, 0.4) is 0 Å². The molecule has 1 heterocycles. The fourth-order valence-electron chi connectivity index (χ4n) is 3.32. The van der Waals surface area contributed by atoms with Crippen LogP contribution in [0.25, 0.3) is 0 Å². The minimum atomic E-state index is -0.500. The van der Waals surface area contributed by atoms with E-state index in [1.807, 2.05) is 18.2 Å². The summed E-state index contributed by atoms with van der Waals surface area (Å²) in [4.78, 5) is 27.6. The van der Waals surface area contributed by atoms with Gasteiger partial charge in [-0.05, 0) is 18.1 Å². The van der Waals surface area contributed by atoms with Crippen molar-refractivity contribution in [1.82, 2.24) is 9.80 Å². The van der Waals surface area contributed by atoms with Crippen LogP contribution in [0.5, 0.6) is 5.75 Å². The minimum absolute atomic E-state index is 0.111. The van der Waals surface area contributed by atoms with Gasteiger partial charge < -0.3 is 9.64 Å². The summed E-state index contributed by atoms with van der Waals surface area (Å²) in [6.07, 6.45) is 0.857. The number of hydrogen-bond donors (Lipinski definition) is 0. The quantitative estimate of drug-likeness (QED) is 0.598. The molecule has 0 spiro atoms.